The van der Waals surface area contributed by atoms with Crippen molar-refractivity contribution in [2.75, 3.05) is 0 Å². The van der Waals surface area contributed by atoms with Gasteiger partial charge in [0, 0.05) is 11.6 Å². The van der Waals surface area contributed by atoms with E-state index in [1.165, 1.54) is 12.1 Å². The Morgan fingerprint density at radius 3 is 2.73 bits per heavy atom. The average Bonchev–Trinajstić information content (AvgIpc) is 2.17. The van der Waals surface area contributed by atoms with Crippen LogP contribution >= 0.6 is 12.2 Å². The van der Waals surface area contributed by atoms with Crippen LogP contribution in [0.1, 0.15) is 25.8 Å². The minimum absolute atomic E-state index is 0.0580. The normalized spacial score (nSPS) is 12.2. The Morgan fingerprint density at radius 2 is 2.27 bits per heavy atom. The predicted octanol–water partition coefficient (Wildman–Crippen LogP) is 2.64. The largest absolute Gasteiger partial charge is 0.491 e. The van der Waals surface area contributed by atoms with E-state index in [0.29, 0.717) is 5.75 Å². The van der Waals surface area contributed by atoms with Crippen molar-refractivity contribution in [2.45, 2.75) is 26.4 Å². The van der Waals surface area contributed by atoms with Crippen LogP contribution in [0.2, 0.25) is 0 Å². The van der Waals surface area contributed by atoms with Gasteiger partial charge in [-0.25, -0.2) is 4.39 Å². The molecule has 0 aliphatic rings. The molecule has 1 rings (SSSR count). The quantitative estimate of drug-likeness (QED) is 0.803. The summed E-state index contributed by atoms with van der Waals surface area (Å²) in [4.78, 5) is 0.0580. The van der Waals surface area contributed by atoms with E-state index in [1.807, 2.05) is 13.8 Å². The topological polar surface area (TPSA) is 35.2 Å². The molecule has 0 aromatic heterocycles. The van der Waals surface area contributed by atoms with Gasteiger partial charge in [0.05, 0.1) is 6.10 Å². The van der Waals surface area contributed by atoms with Crippen LogP contribution in [0.3, 0.4) is 0 Å². The highest BCUT2D eigenvalue weighted by Gasteiger charge is 2.08. The number of ether oxygens (including phenoxy) is 1. The molecular weight excluding hydrogens is 213 g/mol. The van der Waals surface area contributed by atoms with Crippen molar-refractivity contribution < 1.29 is 9.13 Å². The molecule has 1 aromatic rings. The molecule has 0 amide bonds. The highest BCUT2D eigenvalue weighted by Crippen LogP contribution is 2.18. The Kier molecular flexibility index (Phi) is 4.03. The van der Waals surface area contributed by atoms with Gasteiger partial charge in [-0.2, -0.15) is 0 Å². The first-order valence-electron chi connectivity index (χ1n) is 4.80. The van der Waals surface area contributed by atoms with Gasteiger partial charge in [0.15, 0.2) is 0 Å². The molecule has 0 saturated carbocycles. The maximum absolute atomic E-state index is 13.4. The minimum atomic E-state index is -0.441. The fraction of sp³-hybridized carbons (Fsp3) is 0.364. The second-order valence-electron chi connectivity index (χ2n) is 3.34. The molecule has 0 radical (unpaired) electrons. The predicted molar refractivity (Wildman–Crippen MR) is 62.7 cm³/mol. The van der Waals surface area contributed by atoms with Crippen molar-refractivity contribution in [1.29, 1.82) is 0 Å². The summed E-state index contributed by atoms with van der Waals surface area (Å²) < 4.78 is 18.9. The summed E-state index contributed by atoms with van der Waals surface area (Å²) in [7, 11) is 0. The van der Waals surface area contributed by atoms with Gasteiger partial charge in [-0.3, -0.25) is 0 Å². The molecule has 1 unspecified atom stereocenters. The van der Waals surface area contributed by atoms with Crippen molar-refractivity contribution in [1.82, 2.24) is 0 Å². The number of hydrogen-bond acceptors (Lipinski definition) is 2. The van der Waals surface area contributed by atoms with E-state index in [9.17, 15) is 4.39 Å². The van der Waals surface area contributed by atoms with Gasteiger partial charge in [0.1, 0.15) is 16.6 Å². The van der Waals surface area contributed by atoms with Gasteiger partial charge in [-0.15, -0.1) is 0 Å². The van der Waals surface area contributed by atoms with Crippen molar-refractivity contribution >= 4 is 17.2 Å². The highest BCUT2D eigenvalue weighted by atomic mass is 32.1. The summed E-state index contributed by atoms with van der Waals surface area (Å²) in [5.41, 5.74) is 5.59. The maximum Gasteiger partial charge on any atom is 0.137 e. The van der Waals surface area contributed by atoms with E-state index in [-0.39, 0.29) is 16.7 Å². The molecule has 0 aliphatic carbocycles. The van der Waals surface area contributed by atoms with Crippen LogP contribution in [0.5, 0.6) is 5.75 Å². The number of thiocarbonyl (C=S) groups is 1. The van der Waals surface area contributed by atoms with E-state index in [0.717, 1.165) is 6.42 Å². The molecule has 0 bridgehead atoms. The zero-order valence-corrected chi connectivity index (χ0v) is 9.60. The minimum Gasteiger partial charge on any atom is -0.491 e. The standard InChI is InChI=1S/C11H14FNOS/c1-3-7(2)14-8-4-5-9(11(13)15)10(12)6-8/h4-7H,3H2,1-2H3,(H2,13,15). The summed E-state index contributed by atoms with van der Waals surface area (Å²) in [5.74, 6) is 0.0603. The molecule has 2 N–H and O–H groups in total. The Bertz CT molecular complexity index is 368. The van der Waals surface area contributed by atoms with E-state index < -0.39 is 5.82 Å². The Morgan fingerprint density at radius 1 is 1.60 bits per heavy atom. The van der Waals surface area contributed by atoms with Crippen molar-refractivity contribution in [2.24, 2.45) is 5.73 Å². The fourth-order valence-corrected chi connectivity index (χ4v) is 1.25. The first-order chi connectivity index (χ1) is 7.04. The smallest absolute Gasteiger partial charge is 0.137 e. The number of halogens is 1. The molecule has 1 aromatic carbocycles. The second kappa shape index (κ2) is 5.07. The second-order valence-corrected chi connectivity index (χ2v) is 3.78. The molecule has 2 nitrogen and oxygen atoms in total. The van der Waals surface area contributed by atoms with Crippen LogP contribution in [0, 0.1) is 5.82 Å². The third kappa shape index (κ3) is 3.16. The zero-order valence-electron chi connectivity index (χ0n) is 8.79. The lowest BCUT2D eigenvalue weighted by molar-refractivity contribution is 0.216. The lowest BCUT2D eigenvalue weighted by Gasteiger charge is -2.13. The summed E-state index contributed by atoms with van der Waals surface area (Å²) in [6.07, 6.45) is 0.943. The van der Waals surface area contributed by atoms with Crippen LogP contribution in [-0.4, -0.2) is 11.1 Å². The van der Waals surface area contributed by atoms with E-state index >= 15 is 0 Å². The van der Waals surface area contributed by atoms with E-state index in [2.05, 4.69) is 0 Å². The monoisotopic (exact) mass is 227 g/mol. The van der Waals surface area contributed by atoms with Crippen LogP contribution in [0.25, 0.3) is 0 Å². The first kappa shape index (κ1) is 11.9. The van der Waals surface area contributed by atoms with Crippen LogP contribution < -0.4 is 10.5 Å². The molecule has 1 atom stereocenters. The lowest BCUT2D eigenvalue weighted by Crippen LogP contribution is -2.13. The first-order valence-corrected chi connectivity index (χ1v) is 5.21. The average molecular weight is 227 g/mol. The summed E-state index contributed by atoms with van der Waals surface area (Å²) in [5, 5.41) is 0. The third-order valence-electron chi connectivity index (χ3n) is 2.12. The Balaban J connectivity index is 2.87. The number of rotatable bonds is 4. The van der Waals surface area contributed by atoms with E-state index in [4.69, 9.17) is 22.7 Å². The van der Waals surface area contributed by atoms with Gasteiger partial charge < -0.3 is 10.5 Å². The van der Waals surface area contributed by atoms with Crippen LogP contribution in [0.4, 0.5) is 4.39 Å². The Labute approximate surface area is 94.2 Å². The van der Waals surface area contributed by atoms with Crippen molar-refractivity contribution in [3.05, 3.63) is 29.6 Å². The molecule has 0 heterocycles. The molecule has 0 fully saturated rings. The van der Waals surface area contributed by atoms with Crippen molar-refractivity contribution in [3.8, 4) is 5.75 Å². The molecule has 82 valence electrons. The molecule has 0 spiro atoms. The van der Waals surface area contributed by atoms with Gasteiger partial charge in [0.2, 0.25) is 0 Å². The molecular formula is C11H14FNOS. The third-order valence-corrected chi connectivity index (χ3v) is 2.34. The Hall–Kier alpha value is -1.16. The molecule has 4 heteroatoms. The SMILES string of the molecule is CCC(C)Oc1ccc(C(N)=S)c(F)c1. The summed E-state index contributed by atoms with van der Waals surface area (Å²) >= 11 is 4.70. The maximum atomic E-state index is 13.4. The van der Waals surface area contributed by atoms with Crippen molar-refractivity contribution in [3.63, 3.8) is 0 Å². The summed E-state index contributed by atoms with van der Waals surface area (Å²) in [6, 6.07) is 4.51. The fourth-order valence-electron chi connectivity index (χ4n) is 1.08. The molecule has 0 saturated heterocycles. The van der Waals surface area contributed by atoms with E-state index in [1.54, 1.807) is 6.07 Å². The molecule has 0 aliphatic heterocycles. The number of hydrogen-bond donors (Lipinski definition) is 1. The van der Waals surface area contributed by atoms with Gasteiger partial charge in [0.25, 0.3) is 0 Å². The van der Waals surface area contributed by atoms with Gasteiger partial charge >= 0.3 is 0 Å². The number of benzene rings is 1. The van der Waals surface area contributed by atoms with Gasteiger partial charge in [-0.05, 0) is 25.5 Å². The van der Waals surface area contributed by atoms with Crippen LogP contribution in [0.15, 0.2) is 18.2 Å². The van der Waals surface area contributed by atoms with Gasteiger partial charge in [-0.1, -0.05) is 19.1 Å². The van der Waals surface area contributed by atoms with Crippen LogP contribution in [-0.2, 0) is 0 Å². The number of nitrogens with two attached hydrogens (primary N) is 1. The highest BCUT2D eigenvalue weighted by molar-refractivity contribution is 7.80. The zero-order chi connectivity index (χ0) is 11.4. The lowest BCUT2D eigenvalue weighted by atomic mass is 10.2. The summed E-state index contributed by atoms with van der Waals surface area (Å²) in [6.45, 7) is 3.93. The molecule has 15 heavy (non-hydrogen) atoms.